The Kier molecular flexibility index (Phi) is 4.78. The Hall–Kier alpha value is -1.82. The Balaban J connectivity index is 2.90. The highest BCUT2D eigenvalue weighted by Gasteiger charge is 2.15. The van der Waals surface area contributed by atoms with E-state index in [0.29, 0.717) is 17.7 Å². The van der Waals surface area contributed by atoms with E-state index in [1.54, 1.807) is 6.20 Å². The number of carbonyl (C=O) groups is 2. The number of H-pyrrole nitrogens is 1. The molecule has 1 aromatic heterocycles. The molecule has 0 unspecified atom stereocenters. The first-order valence-corrected chi connectivity index (χ1v) is 5.50. The Morgan fingerprint density at radius 2 is 2.06 bits per heavy atom. The quantitative estimate of drug-likeness (QED) is 0.713. The Bertz CT molecular complexity index is 457. The van der Waals surface area contributed by atoms with E-state index in [1.807, 2.05) is 0 Å². The van der Waals surface area contributed by atoms with E-state index in [-0.39, 0.29) is 18.8 Å². The van der Waals surface area contributed by atoms with Crippen molar-refractivity contribution >= 4 is 11.9 Å². The van der Waals surface area contributed by atoms with Crippen molar-refractivity contribution in [2.75, 3.05) is 14.2 Å². The molecule has 100 valence electrons. The van der Waals surface area contributed by atoms with E-state index in [0.717, 1.165) is 5.56 Å². The van der Waals surface area contributed by atoms with Gasteiger partial charge >= 0.3 is 11.9 Å². The number of nitrogens with one attached hydrogen (secondary N) is 1. The van der Waals surface area contributed by atoms with Gasteiger partial charge in [0.05, 0.1) is 20.6 Å². The number of rotatable bonds is 6. The van der Waals surface area contributed by atoms with Crippen molar-refractivity contribution < 1.29 is 20.4 Å². The molecule has 1 aromatic rings. The van der Waals surface area contributed by atoms with E-state index < -0.39 is 12.5 Å². The van der Waals surface area contributed by atoms with Crippen molar-refractivity contribution in [3.8, 4) is 0 Å². The largest absolute Gasteiger partial charge is 0.469 e. The molecular formula is C12H18N2O4. The molecule has 3 N–H and O–H groups in total. The highest BCUT2D eigenvalue weighted by molar-refractivity contribution is 5.74. The summed E-state index contributed by atoms with van der Waals surface area (Å²) in [7, 11) is 2.61. The number of carbonyl (C=O) groups excluding carboxylic acids is 2. The zero-order valence-corrected chi connectivity index (χ0v) is 10.5. The highest BCUT2D eigenvalue weighted by atomic mass is 16.5. The van der Waals surface area contributed by atoms with Gasteiger partial charge in [0.2, 0.25) is 0 Å². The lowest BCUT2D eigenvalue weighted by Crippen LogP contribution is -2.10. The molecule has 0 radical (unpaired) electrons. The van der Waals surface area contributed by atoms with Crippen molar-refractivity contribution in [3.63, 3.8) is 0 Å². The van der Waals surface area contributed by atoms with Crippen LogP contribution in [0, 0.1) is 0 Å². The molecule has 0 bridgehead atoms. The van der Waals surface area contributed by atoms with Crippen molar-refractivity contribution in [2.24, 2.45) is 5.73 Å². The first kappa shape index (κ1) is 12.6. The van der Waals surface area contributed by atoms with Gasteiger partial charge in [0, 0.05) is 26.2 Å². The number of aromatic nitrogens is 1. The lowest BCUT2D eigenvalue weighted by molar-refractivity contribution is -0.140. The minimum atomic E-state index is -0.966. The zero-order chi connectivity index (χ0) is 14.4. The summed E-state index contributed by atoms with van der Waals surface area (Å²) in [4.78, 5) is 25.4. The number of aryl methyl sites for hydroxylation is 1. The number of hydrogen-bond acceptors (Lipinski definition) is 5. The molecule has 0 aliphatic rings. The normalized spacial score (nSPS) is 12.7. The van der Waals surface area contributed by atoms with E-state index in [4.69, 9.17) is 7.10 Å². The van der Waals surface area contributed by atoms with Crippen LogP contribution in [0.15, 0.2) is 6.20 Å². The van der Waals surface area contributed by atoms with Crippen LogP contribution in [0.3, 0.4) is 0 Å². The van der Waals surface area contributed by atoms with Gasteiger partial charge in [0.15, 0.2) is 0 Å². The number of ether oxygens (including phenoxy) is 2. The summed E-state index contributed by atoms with van der Waals surface area (Å²) in [6.07, 6.45) is 2.31. The number of esters is 2. The molecule has 1 heterocycles. The van der Waals surface area contributed by atoms with Crippen LogP contribution < -0.4 is 5.73 Å². The number of aromatic amines is 1. The number of hydrogen-bond donors (Lipinski definition) is 2. The van der Waals surface area contributed by atoms with Crippen LogP contribution in [0.2, 0.25) is 0 Å². The molecule has 0 aromatic carbocycles. The van der Waals surface area contributed by atoms with Crippen molar-refractivity contribution in [1.82, 2.24) is 4.98 Å². The van der Waals surface area contributed by atoms with Gasteiger partial charge in [-0.05, 0) is 17.5 Å². The third-order valence-corrected chi connectivity index (χ3v) is 2.66. The van der Waals surface area contributed by atoms with Gasteiger partial charge < -0.3 is 20.2 Å². The fourth-order valence-corrected chi connectivity index (χ4v) is 1.65. The van der Waals surface area contributed by atoms with Crippen molar-refractivity contribution in [3.05, 3.63) is 23.0 Å². The zero-order valence-electron chi connectivity index (χ0n) is 11.5. The van der Waals surface area contributed by atoms with E-state index in [2.05, 4.69) is 14.5 Å². The Morgan fingerprint density at radius 3 is 2.61 bits per heavy atom. The van der Waals surface area contributed by atoms with Crippen LogP contribution in [0.4, 0.5) is 0 Å². The molecule has 0 spiro atoms. The van der Waals surface area contributed by atoms with Crippen LogP contribution in [0.25, 0.3) is 0 Å². The van der Waals surface area contributed by atoms with Gasteiger partial charge in [-0.1, -0.05) is 0 Å². The van der Waals surface area contributed by atoms with E-state index >= 15 is 0 Å². The Morgan fingerprint density at radius 1 is 1.39 bits per heavy atom. The number of nitrogens with two attached hydrogens (primary N) is 1. The average molecular weight is 255 g/mol. The second-order valence-electron chi connectivity index (χ2n) is 3.70. The maximum absolute atomic E-state index is 11.4. The van der Waals surface area contributed by atoms with Gasteiger partial charge in [-0.2, -0.15) is 0 Å². The second-order valence-corrected chi connectivity index (χ2v) is 3.70. The molecule has 6 nitrogen and oxygen atoms in total. The molecular weight excluding hydrogens is 236 g/mol. The molecule has 0 fully saturated rings. The molecule has 0 aliphatic heterocycles. The second kappa shape index (κ2) is 6.80. The van der Waals surface area contributed by atoms with E-state index in [9.17, 15) is 9.59 Å². The third kappa shape index (κ3) is 3.59. The highest BCUT2D eigenvalue weighted by Crippen LogP contribution is 2.17. The average Bonchev–Trinajstić information content (AvgIpc) is 2.78. The molecule has 6 heteroatoms. The van der Waals surface area contributed by atoms with Gasteiger partial charge in [-0.15, -0.1) is 0 Å². The smallest absolute Gasteiger partial charge is 0.310 e. The first-order chi connectivity index (χ1) is 8.99. The van der Waals surface area contributed by atoms with E-state index in [1.165, 1.54) is 14.2 Å². The van der Waals surface area contributed by atoms with Crippen molar-refractivity contribution in [2.45, 2.75) is 25.8 Å². The molecule has 1 rings (SSSR count). The molecule has 1 atom stereocenters. The summed E-state index contributed by atoms with van der Waals surface area (Å²) in [5.41, 5.74) is 7.38. The summed E-state index contributed by atoms with van der Waals surface area (Å²) >= 11 is 0. The molecule has 0 amide bonds. The molecule has 0 saturated carbocycles. The number of methoxy groups -OCH3 is 2. The standard InChI is InChI=1S/C12H18N2O4/c1-17-11(15)4-3-8-7-14-10(6-13)9(8)5-12(16)18-2/h7,14H,3-6,13H2,1-2H3/i6D/t6-/m1/s1. The third-order valence-electron chi connectivity index (χ3n) is 2.66. The topological polar surface area (TPSA) is 94.4 Å². The summed E-state index contributed by atoms with van der Waals surface area (Å²) in [5, 5.41) is 0. The first-order valence-electron chi connectivity index (χ1n) is 6.07. The summed E-state index contributed by atoms with van der Waals surface area (Å²) in [6, 6.07) is 0. The Labute approximate surface area is 107 Å². The van der Waals surface area contributed by atoms with Gasteiger partial charge in [-0.25, -0.2) is 0 Å². The molecule has 18 heavy (non-hydrogen) atoms. The lowest BCUT2D eigenvalue weighted by Gasteiger charge is -2.05. The van der Waals surface area contributed by atoms with Crippen molar-refractivity contribution in [1.29, 1.82) is 0 Å². The van der Waals surface area contributed by atoms with Gasteiger partial charge in [0.1, 0.15) is 0 Å². The fourth-order valence-electron chi connectivity index (χ4n) is 1.65. The van der Waals surface area contributed by atoms with Gasteiger partial charge in [0.25, 0.3) is 0 Å². The predicted molar refractivity (Wildman–Crippen MR) is 64.7 cm³/mol. The lowest BCUT2D eigenvalue weighted by atomic mass is 10.0. The maximum atomic E-state index is 11.4. The van der Waals surface area contributed by atoms with Crippen LogP contribution >= 0.6 is 0 Å². The summed E-state index contributed by atoms with van der Waals surface area (Å²) in [5.74, 6) is -0.747. The maximum Gasteiger partial charge on any atom is 0.310 e. The van der Waals surface area contributed by atoms with Crippen LogP contribution in [0.5, 0.6) is 0 Å². The monoisotopic (exact) mass is 255 g/mol. The van der Waals surface area contributed by atoms with Crippen LogP contribution in [-0.4, -0.2) is 31.1 Å². The van der Waals surface area contributed by atoms with Crippen LogP contribution in [0.1, 0.15) is 24.6 Å². The van der Waals surface area contributed by atoms with Crippen LogP contribution in [-0.2, 0) is 38.4 Å². The fraction of sp³-hybridized carbons (Fsp3) is 0.500. The van der Waals surface area contributed by atoms with Gasteiger partial charge in [-0.3, -0.25) is 9.59 Å². The minimum Gasteiger partial charge on any atom is -0.469 e. The summed E-state index contributed by atoms with van der Waals surface area (Å²) < 4.78 is 16.7. The molecule has 0 aliphatic carbocycles. The minimum absolute atomic E-state index is 0.0262. The summed E-state index contributed by atoms with van der Waals surface area (Å²) in [6.45, 7) is -0.966. The molecule has 0 saturated heterocycles. The SMILES string of the molecule is [2H][C@@H](N)c1[nH]cc(CCC(=O)OC)c1CC(=O)OC. The predicted octanol–water partition coefficient (Wildman–Crippen LogP) is 0.294.